The fourth-order valence-electron chi connectivity index (χ4n) is 4.49. The lowest BCUT2D eigenvalue weighted by Crippen LogP contribution is -2.40. The molecule has 2 fully saturated rings. The monoisotopic (exact) mass is 366 g/mol. The second-order valence-electron chi connectivity index (χ2n) is 11.4. The van der Waals surface area contributed by atoms with Crippen molar-refractivity contribution in [3.05, 3.63) is 0 Å². The van der Waals surface area contributed by atoms with E-state index in [0.29, 0.717) is 5.92 Å². The number of hydrogen-bond acceptors (Lipinski definition) is 3. The highest BCUT2D eigenvalue weighted by molar-refractivity contribution is 5.77. The van der Waals surface area contributed by atoms with E-state index >= 15 is 0 Å². The Kier molecular flexibility index (Phi) is 6.86. The van der Waals surface area contributed by atoms with Gasteiger partial charge in [-0.15, -0.1) is 0 Å². The standard InChI is InChI=1S/C23H42O3/c1-21(2,3)15-19(25-18-11-9-8-10-12-18)26-20(24)23(7,17-13-14-17)16-22(4,5)6/h17-19H,8-16H2,1-7H3. The van der Waals surface area contributed by atoms with Crippen molar-refractivity contribution in [3.8, 4) is 0 Å². The molecular formula is C23H42O3. The van der Waals surface area contributed by atoms with Crippen molar-refractivity contribution in [1.82, 2.24) is 0 Å². The molecule has 0 spiro atoms. The number of ether oxygens (including phenoxy) is 2. The molecule has 26 heavy (non-hydrogen) atoms. The van der Waals surface area contributed by atoms with Gasteiger partial charge in [0.1, 0.15) is 0 Å². The maximum absolute atomic E-state index is 13.3. The van der Waals surface area contributed by atoms with Gasteiger partial charge in [-0.3, -0.25) is 4.79 Å². The molecule has 3 heteroatoms. The van der Waals surface area contributed by atoms with Crippen LogP contribution in [0, 0.1) is 22.2 Å². The molecule has 0 bridgehead atoms. The van der Waals surface area contributed by atoms with Gasteiger partial charge >= 0.3 is 5.97 Å². The van der Waals surface area contributed by atoms with E-state index in [4.69, 9.17) is 9.47 Å². The molecular weight excluding hydrogens is 324 g/mol. The zero-order chi connectivity index (χ0) is 19.6. The van der Waals surface area contributed by atoms with E-state index in [9.17, 15) is 4.79 Å². The van der Waals surface area contributed by atoms with Crippen LogP contribution in [-0.4, -0.2) is 18.4 Å². The SMILES string of the molecule is CC(C)(C)CC(OC(=O)C(C)(CC(C)(C)C)C1CC1)OC1CCCCC1. The zero-order valence-electron chi connectivity index (χ0n) is 18.3. The summed E-state index contributed by atoms with van der Waals surface area (Å²) in [4.78, 5) is 13.3. The number of carbonyl (C=O) groups excluding carboxylic acids is 1. The molecule has 3 nitrogen and oxygen atoms in total. The third-order valence-electron chi connectivity index (χ3n) is 5.76. The van der Waals surface area contributed by atoms with Crippen LogP contribution >= 0.6 is 0 Å². The van der Waals surface area contributed by atoms with Crippen LogP contribution in [0.15, 0.2) is 0 Å². The van der Waals surface area contributed by atoms with Gasteiger partial charge in [-0.2, -0.15) is 0 Å². The van der Waals surface area contributed by atoms with Crippen molar-refractivity contribution in [2.45, 2.75) is 119 Å². The molecule has 2 unspecified atom stereocenters. The molecule has 0 radical (unpaired) electrons. The van der Waals surface area contributed by atoms with Crippen molar-refractivity contribution in [2.24, 2.45) is 22.2 Å². The zero-order valence-corrected chi connectivity index (χ0v) is 18.3. The molecule has 0 saturated heterocycles. The normalized spacial score (nSPS) is 23.3. The van der Waals surface area contributed by atoms with Crippen molar-refractivity contribution in [1.29, 1.82) is 0 Å². The molecule has 0 aromatic carbocycles. The number of hydrogen-bond donors (Lipinski definition) is 0. The Labute approximate surface area is 161 Å². The summed E-state index contributed by atoms with van der Waals surface area (Å²) < 4.78 is 12.4. The summed E-state index contributed by atoms with van der Waals surface area (Å²) in [5.74, 6) is 0.430. The van der Waals surface area contributed by atoms with E-state index < -0.39 is 6.29 Å². The molecule has 2 atom stereocenters. The van der Waals surface area contributed by atoms with Gasteiger partial charge in [-0.1, -0.05) is 60.8 Å². The first-order valence-corrected chi connectivity index (χ1v) is 10.8. The van der Waals surface area contributed by atoms with Gasteiger partial charge in [-0.25, -0.2) is 0 Å². The van der Waals surface area contributed by atoms with Crippen LogP contribution in [0.3, 0.4) is 0 Å². The highest BCUT2D eigenvalue weighted by Crippen LogP contribution is 2.52. The maximum atomic E-state index is 13.3. The smallest absolute Gasteiger partial charge is 0.314 e. The molecule has 0 aliphatic heterocycles. The van der Waals surface area contributed by atoms with E-state index in [-0.39, 0.29) is 28.3 Å². The molecule has 0 amide bonds. The minimum Gasteiger partial charge on any atom is -0.435 e. The molecule has 0 N–H and O–H groups in total. The van der Waals surface area contributed by atoms with Crippen LogP contribution in [0.4, 0.5) is 0 Å². The van der Waals surface area contributed by atoms with Gasteiger partial charge in [0, 0.05) is 6.42 Å². The fourth-order valence-corrected chi connectivity index (χ4v) is 4.49. The number of carbonyl (C=O) groups is 1. The summed E-state index contributed by atoms with van der Waals surface area (Å²) >= 11 is 0. The first kappa shape index (κ1) is 21.7. The Bertz CT molecular complexity index is 461. The van der Waals surface area contributed by atoms with Gasteiger partial charge in [-0.05, 0) is 55.8 Å². The van der Waals surface area contributed by atoms with Crippen molar-refractivity contribution in [3.63, 3.8) is 0 Å². The lowest BCUT2D eigenvalue weighted by Gasteiger charge is -2.37. The van der Waals surface area contributed by atoms with E-state index in [1.807, 2.05) is 0 Å². The highest BCUT2D eigenvalue weighted by atomic mass is 16.7. The minimum absolute atomic E-state index is 0.0417. The topological polar surface area (TPSA) is 35.5 Å². The molecule has 2 aliphatic rings. The van der Waals surface area contributed by atoms with E-state index in [2.05, 4.69) is 48.5 Å². The summed E-state index contributed by atoms with van der Waals surface area (Å²) in [5.41, 5.74) is -0.204. The molecule has 0 aromatic heterocycles. The molecule has 2 aliphatic carbocycles. The van der Waals surface area contributed by atoms with Crippen molar-refractivity contribution in [2.75, 3.05) is 0 Å². The predicted molar refractivity (Wildman–Crippen MR) is 107 cm³/mol. The lowest BCUT2D eigenvalue weighted by molar-refractivity contribution is -0.210. The second kappa shape index (κ2) is 8.20. The first-order valence-electron chi connectivity index (χ1n) is 10.8. The van der Waals surface area contributed by atoms with E-state index in [1.165, 1.54) is 19.3 Å². The summed E-state index contributed by atoms with van der Waals surface area (Å²) in [5, 5.41) is 0. The van der Waals surface area contributed by atoms with Gasteiger partial charge in [0.15, 0.2) is 0 Å². The van der Waals surface area contributed by atoms with Crippen molar-refractivity contribution >= 4 is 5.97 Å². The Morgan fingerprint density at radius 2 is 1.46 bits per heavy atom. The summed E-state index contributed by atoms with van der Waals surface area (Å²) in [6.07, 6.45) is 9.71. The average molecular weight is 367 g/mol. The largest absolute Gasteiger partial charge is 0.435 e. The fraction of sp³-hybridized carbons (Fsp3) is 0.957. The van der Waals surface area contributed by atoms with E-state index in [1.54, 1.807) is 0 Å². The van der Waals surface area contributed by atoms with Gasteiger partial charge in [0.2, 0.25) is 6.29 Å². The number of rotatable bonds is 7. The molecule has 0 aromatic rings. The van der Waals surface area contributed by atoms with Gasteiger partial charge in [0.05, 0.1) is 11.5 Å². The van der Waals surface area contributed by atoms with Crippen molar-refractivity contribution < 1.29 is 14.3 Å². The summed E-state index contributed by atoms with van der Waals surface area (Å²) in [6.45, 7) is 15.3. The highest BCUT2D eigenvalue weighted by Gasteiger charge is 2.50. The Morgan fingerprint density at radius 1 is 0.885 bits per heavy atom. The van der Waals surface area contributed by atoms with Crippen LogP contribution in [0.2, 0.25) is 0 Å². The minimum atomic E-state index is -0.413. The first-order chi connectivity index (χ1) is 11.9. The average Bonchev–Trinajstić information content (AvgIpc) is 3.29. The predicted octanol–water partition coefficient (Wildman–Crippen LogP) is 6.49. The summed E-state index contributed by atoms with van der Waals surface area (Å²) in [6, 6.07) is 0. The molecule has 2 rings (SSSR count). The van der Waals surface area contributed by atoms with Crippen LogP contribution in [-0.2, 0) is 14.3 Å². The molecule has 152 valence electrons. The lowest BCUT2D eigenvalue weighted by atomic mass is 9.72. The maximum Gasteiger partial charge on any atom is 0.314 e. The summed E-state index contributed by atoms with van der Waals surface area (Å²) in [7, 11) is 0. The van der Waals surface area contributed by atoms with Crippen LogP contribution in [0.5, 0.6) is 0 Å². The van der Waals surface area contributed by atoms with Crippen LogP contribution in [0.1, 0.15) is 106 Å². The quantitative estimate of drug-likeness (QED) is 0.381. The third kappa shape index (κ3) is 6.87. The number of esters is 1. The Morgan fingerprint density at radius 3 is 1.92 bits per heavy atom. The van der Waals surface area contributed by atoms with Gasteiger partial charge < -0.3 is 9.47 Å². The van der Waals surface area contributed by atoms with Crippen LogP contribution < -0.4 is 0 Å². The van der Waals surface area contributed by atoms with Gasteiger partial charge in [0.25, 0.3) is 0 Å². The van der Waals surface area contributed by atoms with E-state index in [0.717, 1.165) is 38.5 Å². The van der Waals surface area contributed by atoms with Crippen LogP contribution in [0.25, 0.3) is 0 Å². The molecule has 2 saturated carbocycles. The molecule has 0 heterocycles. The third-order valence-corrected chi connectivity index (χ3v) is 5.76. The Balaban J connectivity index is 2.07. The Hall–Kier alpha value is -0.570. The second-order valence-corrected chi connectivity index (χ2v) is 11.4.